The van der Waals surface area contributed by atoms with E-state index in [2.05, 4.69) is 4.90 Å². The summed E-state index contributed by atoms with van der Waals surface area (Å²) in [4.78, 5) is 19.0. The Kier molecular flexibility index (Phi) is 6.69. The Morgan fingerprint density at radius 1 is 0.875 bits per heavy atom. The maximum atomic E-state index is 14.0. The number of amides is 1. The van der Waals surface area contributed by atoms with Crippen molar-refractivity contribution >= 4 is 11.6 Å². The number of anilines is 1. The molecule has 0 spiro atoms. The standard InChI is InChI=1S/C24H27F4N3O/c25-21-3-1-2-4-22(21)30-13-15-31(16-14-30)23(32)19-9-11-29(12-10-19)17-18-5-7-20(8-6-18)24(26,27)28/h1-8,19H,9-17H2. The predicted molar refractivity (Wildman–Crippen MR) is 115 cm³/mol. The highest BCUT2D eigenvalue weighted by Crippen LogP contribution is 2.30. The number of hydrogen-bond acceptors (Lipinski definition) is 3. The van der Waals surface area contributed by atoms with Crippen molar-refractivity contribution in [3.63, 3.8) is 0 Å². The van der Waals surface area contributed by atoms with Gasteiger partial charge in [0.05, 0.1) is 11.3 Å². The van der Waals surface area contributed by atoms with Gasteiger partial charge in [-0.05, 0) is 55.8 Å². The van der Waals surface area contributed by atoms with Crippen LogP contribution in [-0.4, -0.2) is 55.0 Å². The van der Waals surface area contributed by atoms with Crippen LogP contribution in [-0.2, 0) is 17.5 Å². The molecular weight excluding hydrogens is 422 g/mol. The zero-order chi connectivity index (χ0) is 22.7. The number of para-hydroxylation sites is 1. The lowest BCUT2D eigenvalue weighted by Crippen LogP contribution is -2.51. The van der Waals surface area contributed by atoms with Gasteiger partial charge in [0.15, 0.2) is 0 Å². The first-order chi connectivity index (χ1) is 15.3. The summed E-state index contributed by atoms with van der Waals surface area (Å²) in [6.45, 7) is 4.45. The van der Waals surface area contributed by atoms with Crippen LogP contribution in [0.2, 0.25) is 0 Å². The van der Waals surface area contributed by atoms with E-state index in [1.54, 1.807) is 12.1 Å². The van der Waals surface area contributed by atoms with Crippen molar-refractivity contribution in [2.45, 2.75) is 25.6 Å². The molecule has 0 aliphatic carbocycles. The molecule has 32 heavy (non-hydrogen) atoms. The summed E-state index contributed by atoms with van der Waals surface area (Å²) in [5, 5.41) is 0. The normalized spacial score (nSPS) is 18.8. The van der Waals surface area contributed by atoms with Crippen LogP contribution in [0.4, 0.5) is 23.2 Å². The van der Waals surface area contributed by atoms with Crippen LogP contribution in [0, 0.1) is 11.7 Å². The summed E-state index contributed by atoms with van der Waals surface area (Å²) in [5.41, 5.74) is 0.781. The highest BCUT2D eigenvalue weighted by molar-refractivity contribution is 5.79. The molecule has 4 nitrogen and oxygen atoms in total. The van der Waals surface area contributed by atoms with Crippen LogP contribution in [0.3, 0.4) is 0 Å². The van der Waals surface area contributed by atoms with Crippen LogP contribution in [0.25, 0.3) is 0 Å². The number of likely N-dealkylation sites (tertiary alicyclic amines) is 1. The molecule has 172 valence electrons. The van der Waals surface area contributed by atoms with Crippen molar-refractivity contribution in [2.75, 3.05) is 44.2 Å². The van der Waals surface area contributed by atoms with Crippen LogP contribution in [0.5, 0.6) is 0 Å². The van der Waals surface area contributed by atoms with Gasteiger partial charge in [-0.25, -0.2) is 4.39 Å². The molecule has 0 saturated carbocycles. The highest BCUT2D eigenvalue weighted by Gasteiger charge is 2.32. The van der Waals surface area contributed by atoms with Crippen molar-refractivity contribution in [3.8, 4) is 0 Å². The molecule has 0 N–H and O–H groups in total. The van der Waals surface area contributed by atoms with Crippen LogP contribution in [0.1, 0.15) is 24.0 Å². The Morgan fingerprint density at radius 2 is 1.50 bits per heavy atom. The van der Waals surface area contributed by atoms with Crippen molar-refractivity contribution in [1.82, 2.24) is 9.80 Å². The summed E-state index contributed by atoms with van der Waals surface area (Å²) in [7, 11) is 0. The number of halogens is 4. The van der Waals surface area contributed by atoms with Gasteiger partial charge in [-0.1, -0.05) is 24.3 Å². The molecular formula is C24H27F4N3O. The number of piperazine rings is 1. The van der Waals surface area contributed by atoms with Gasteiger partial charge < -0.3 is 9.80 Å². The second-order valence-electron chi connectivity index (χ2n) is 8.51. The van der Waals surface area contributed by atoms with Crippen LogP contribution < -0.4 is 4.90 Å². The number of piperidine rings is 1. The van der Waals surface area contributed by atoms with Gasteiger partial charge in [0.2, 0.25) is 5.91 Å². The lowest BCUT2D eigenvalue weighted by Gasteiger charge is -2.39. The number of nitrogens with zero attached hydrogens (tertiary/aromatic N) is 3. The second kappa shape index (κ2) is 9.48. The quantitative estimate of drug-likeness (QED) is 0.648. The van der Waals surface area contributed by atoms with Gasteiger partial charge in [0.25, 0.3) is 0 Å². The summed E-state index contributed by atoms with van der Waals surface area (Å²) in [6, 6.07) is 12.0. The van der Waals surface area contributed by atoms with Gasteiger partial charge in [-0.15, -0.1) is 0 Å². The fourth-order valence-electron chi connectivity index (χ4n) is 4.53. The SMILES string of the molecule is O=C(C1CCN(Cc2ccc(C(F)(F)F)cc2)CC1)N1CCN(c2ccccc2F)CC1. The summed E-state index contributed by atoms with van der Waals surface area (Å²) in [6.07, 6.45) is -2.84. The van der Waals surface area contributed by atoms with Crippen molar-refractivity contribution in [3.05, 3.63) is 65.5 Å². The minimum absolute atomic E-state index is 0.0288. The molecule has 8 heteroatoms. The van der Waals surface area contributed by atoms with Crippen molar-refractivity contribution in [2.24, 2.45) is 5.92 Å². The molecule has 0 radical (unpaired) electrons. The molecule has 0 unspecified atom stereocenters. The Morgan fingerprint density at radius 3 is 2.09 bits per heavy atom. The molecule has 0 atom stereocenters. The lowest BCUT2D eigenvalue weighted by atomic mass is 9.94. The largest absolute Gasteiger partial charge is 0.416 e. The van der Waals surface area contributed by atoms with E-state index in [1.165, 1.54) is 18.2 Å². The number of carbonyl (C=O) groups is 1. The van der Waals surface area contributed by atoms with Crippen molar-refractivity contribution in [1.29, 1.82) is 0 Å². The highest BCUT2D eigenvalue weighted by atomic mass is 19.4. The maximum Gasteiger partial charge on any atom is 0.416 e. The smallest absolute Gasteiger partial charge is 0.366 e. The Labute approximate surface area is 185 Å². The molecule has 2 aliphatic heterocycles. The molecule has 1 amide bonds. The van der Waals surface area contributed by atoms with E-state index in [1.807, 2.05) is 15.9 Å². The topological polar surface area (TPSA) is 26.8 Å². The van der Waals surface area contributed by atoms with Gasteiger partial charge in [-0.2, -0.15) is 13.2 Å². The minimum Gasteiger partial charge on any atom is -0.366 e. The Balaban J connectivity index is 1.24. The monoisotopic (exact) mass is 449 g/mol. The fraction of sp³-hybridized carbons (Fsp3) is 0.458. The third-order valence-electron chi connectivity index (χ3n) is 6.41. The Bertz CT molecular complexity index is 916. The Hall–Kier alpha value is -2.61. The molecule has 2 aromatic rings. The van der Waals surface area contributed by atoms with E-state index in [0.717, 1.165) is 43.6 Å². The fourth-order valence-corrected chi connectivity index (χ4v) is 4.53. The third-order valence-corrected chi connectivity index (χ3v) is 6.41. The summed E-state index contributed by atoms with van der Waals surface area (Å²) in [5.74, 6) is -0.112. The number of benzene rings is 2. The first kappa shape index (κ1) is 22.6. The van der Waals surface area contributed by atoms with Gasteiger partial charge in [0, 0.05) is 38.6 Å². The molecule has 0 aromatic heterocycles. The van der Waals surface area contributed by atoms with Gasteiger partial charge >= 0.3 is 6.18 Å². The number of alkyl halides is 3. The lowest BCUT2D eigenvalue weighted by molar-refractivity contribution is -0.138. The van der Waals surface area contributed by atoms with E-state index in [4.69, 9.17) is 0 Å². The minimum atomic E-state index is -4.32. The molecule has 4 rings (SSSR count). The average Bonchev–Trinajstić information content (AvgIpc) is 2.79. The first-order valence-corrected chi connectivity index (χ1v) is 11.0. The predicted octanol–water partition coefficient (Wildman–Crippen LogP) is 4.41. The van der Waals surface area contributed by atoms with Gasteiger partial charge in [-0.3, -0.25) is 9.69 Å². The van der Waals surface area contributed by atoms with Crippen molar-refractivity contribution < 1.29 is 22.4 Å². The summed E-state index contributed by atoms with van der Waals surface area (Å²) < 4.78 is 52.1. The average molecular weight is 449 g/mol. The molecule has 2 fully saturated rings. The molecule has 2 saturated heterocycles. The molecule has 0 bridgehead atoms. The van der Waals surface area contributed by atoms with E-state index in [-0.39, 0.29) is 17.6 Å². The van der Waals surface area contributed by atoms with E-state index >= 15 is 0 Å². The van der Waals surface area contributed by atoms with Gasteiger partial charge in [0.1, 0.15) is 5.82 Å². The number of rotatable bonds is 4. The zero-order valence-corrected chi connectivity index (χ0v) is 17.8. The molecule has 2 heterocycles. The summed E-state index contributed by atoms with van der Waals surface area (Å²) >= 11 is 0. The third kappa shape index (κ3) is 5.23. The van der Waals surface area contributed by atoms with E-state index in [0.29, 0.717) is 38.4 Å². The van der Waals surface area contributed by atoms with Crippen LogP contribution in [0.15, 0.2) is 48.5 Å². The maximum absolute atomic E-state index is 14.0. The second-order valence-corrected chi connectivity index (χ2v) is 8.51. The molecule has 2 aliphatic rings. The number of hydrogen-bond donors (Lipinski definition) is 0. The van der Waals surface area contributed by atoms with E-state index < -0.39 is 11.7 Å². The van der Waals surface area contributed by atoms with Crippen LogP contribution >= 0.6 is 0 Å². The number of carbonyl (C=O) groups excluding carboxylic acids is 1. The van der Waals surface area contributed by atoms with E-state index in [9.17, 15) is 22.4 Å². The first-order valence-electron chi connectivity index (χ1n) is 11.0. The zero-order valence-electron chi connectivity index (χ0n) is 17.8. The molecule has 2 aromatic carbocycles.